The molecule has 0 saturated heterocycles. The standard InChI is InChI=1S/C25H48O4/c1-6-8-9-10-11-12-13-14-15-16-17-21-28-23(26)19-18-20-24(27)29-22(7-2)25(3,4)5/h22H,6-21H2,1-5H3. The molecule has 0 aromatic carbocycles. The summed E-state index contributed by atoms with van der Waals surface area (Å²) in [5, 5.41) is 0. The van der Waals surface area contributed by atoms with Crippen molar-refractivity contribution in [2.24, 2.45) is 5.41 Å². The van der Waals surface area contributed by atoms with Gasteiger partial charge in [-0.15, -0.1) is 0 Å². The average molecular weight is 413 g/mol. The van der Waals surface area contributed by atoms with Gasteiger partial charge in [0.2, 0.25) is 0 Å². The topological polar surface area (TPSA) is 52.6 Å². The number of hydrogen-bond donors (Lipinski definition) is 0. The Morgan fingerprint density at radius 3 is 1.66 bits per heavy atom. The molecule has 0 rings (SSSR count). The lowest BCUT2D eigenvalue weighted by atomic mass is 9.87. The van der Waals surface area contributed by atoms with Gasteiger partial charge in [0, 0.05) is 12.8 Å². The molecule has 0 aliphatic heterocycles. The molecule has 0 bridgehead atoms. The molecule has 1 unspecified atom stereocenters. The second kappa shape index (κ2) is 17.8. The summed E-state index contributed by atoms with van der Waals surface area (Å²) in [4.78, 5) is 23.7. The first-order valence-corrected chi connectivity index (χ1v) is 12.2. The maximum atomic E-state index is 11.9. The Balaban J connectivity index is 3.51. The van der Waals surface area contributed by atoms with Gasteiger partial charge in [0.15, 0.2) is 0 Å². The Morgan fingerprint density at radius 2 is 1.17 bits per heavy atom. The Labute approximate surface area is 180 Å². The molecule has 0 N–H and O–H groups in total. The predicted octanol–water partition coefficient (Wildman–Crippen LogP) is 7.38. The van der Waals surface area contributed by atoms with E-state index in [2.05, 4.69) is 27.7 Å². The lowest BCUT2D eigenvalue weighted by Gasteiger charge is -2.29. The van der Waals surface area contributed by atoms with Crippen molar-refractivity contribution >= 4 is 11.9 Å². The number of unbranched alkanes of at least 4 members (excludes halogenated alkanes) is 10. The van der Waals surface area contributed by atoms with Crippen molar-refractivity contribution < 1.29 is 19.1 Å². The number of carbonyl (C=O) groups is 2. The molecule has 0 fully saturated rings. The first-order valence-electron chi connectivity index (χ1n) is 12.2. The van der Waals surface area contributed by atoms with Crippen LogP contribution in [0.1, 0.15) is 131 Å². The highest BCUT2D eigenvalue weighted by Crippen LogP contribution is 2.25. The van der Waals surface area contributed by atoms with Crippen LogP contribution in [-0.2, 0) is 19.1 Å². The molecule has 172 valence electrons. The molecule has 0 amide bonds. The van der Waals surface area contributed by atoms with Crippen LogP contribution in [0.5, 0.6) is 0 Å². The molecule has 0 saturated carbocycles. The van der Waals surface area contributed by atoms with Crippen molar-refractivity contribution in [2.45, 2.75) is 137 Å². The van der Waals surface area contributed by atoms with Crippen molar-refractivity contribution in [1.29, 1.82) is 0 Å². The van der Waals surface area contributed by atoms with Gasteiger partial charge < -0.3 is 9.47 Å². The molecule has 0 heterocycles. The summed E-state index contributed by atoms with van der Waals surface area (Å²) >= 11 is 0. The maximum Gasteiger partial charge on any atom is 0.306 e. The number of rotatable bonds is 18. The van der Waals surface area contributed by atoms with Gasteiger partial charge in [-0.05, 0) is 24.7 Å². The highest BCUT2D eigenvalue weighted by atomic mass is 16.5. The molecule has 0 aliphatic carbocycles. The zero-order valence-corrected chi connectivity index (χ0v) is 20.0. The minimum Gasteiger partial charge on any atom is -0.466 e. The van der Waals surface area contributed by atoms with E-state index in [1.54, 1.807) is 0 Å². The summed E-state index contributed by atoms with van der Waals surface area (Å²) < 4.78 is 10.8. The molecule has 4 heteroatoms. The molecule has 0 aliphatic rings. The Bertz CT molecular complexity index is 412. The van der Waals surface area contributed by atoms with Gasteiger partial charge in [0.1, 0.15) is 6.10 Å². The zero-order chi connectivity index (χ0) is 22.0. The number of carbonyl (C=O) groups excluding carboxylic acids is 2. The fraction of sp³-hybridized carbons (Fsp3) is 0.920. The van der Waals surface area contributed by atoms with Gasteiger partial charge >= 0.3 is 11.9 Å². The molecule has 0 radical (unpaired) electrons. The van der Waals surface area contributed by atoms with Crippen LogP contribution in [0, 0.1) is 5.41 Å². The number of ether oxygens (including phenoxy) is 2. The molecule has 1 atom stereocenters. The zero-order valence-electron chi connectivity index (χ0n) is 20.0. The largest absolute Gasteiger partial charge is 0.466 e. The first-order chi connectivity index (χ1) is 13.8. The highest BCUT2D eigenvalue weighted by Gasteiger charge is 2.26. The summed E-state index contributed by atoms with van der Waals surface area (Å²) in [5.41, 5.74) is -0.0576. The van der Waals surface area contributed by atoms with Crippen molar-refractivity contribution in [1.82, 2.24) is 0 Å². The Hall–Kier alpha value is -1.06. The Morgan fingerprint density at radius 1 is 0.690 bits per heavy atom. The third-order valence-corrected chi connectivity index (χ3v) is 5.38. The van der Waals surface area contributed by atoms with E-state index in [1.165, 1.54) is 57.8 Å². The van der Waals surface area contributed by atoms with Crippen LogP contribution in [0.15, 0.2) is 0 Å². The Kier molecular flexibility index (Phi) is 17.1. The molecule has 0 aromatic heterocycles. The van der Waals surface area contributed by atoms with Crippen LogP contribution in [0.3, 0.4) is 0 Å². The smallest absolute Gasteiger partial charge is 0.306 e. The van der Waals surface area contributed by atoms with Crippen molar-refractivity contribution in [3.8, 4) is 0 Å². The number of esters is 2. The minimum atomic E-state index is -0.218. The van der Waals surface area contributed by atoms with E-state index in [1.807, 2.05) is 6.92 Å². The fourth-order valence-electron chi connectivity index (χ4n) is 3.49. The summed E-state index contributed by atoms with van der Waals surface area (Å²) in [7, 11) is 0. The third-order valence-electron chi connectivity index (χ3n) is 5.38. The molecule has 0 spiro atoms. The lowest BCUT2D eigenvalue weighted by Crippen LogP contribution is -2.31. The summed E-state index contributed by atoms with van der Waals surface area (Å²) in [6.07, 6.45) is 15.9. The lowest BCUT2D eigenvalue weighted by molar-refractivity contribution is -0.155. The maximum absolute atomic E-state index is 11.9. The third kappa shape index (κ3) is 17.5. The normalized spacial score (nSPS) is 12.6. The van der Waals surface area contributed by atoms with Crippen LogP contribution in [0.25, 0.3) is 0 Å². The van der Waals surface area contributed by atoms with Gasteiger partial charge in [-0.3, -0.25) is 9.59 Å². The molecule has 29 heavy (non-hydrogen) atoms. The van der Waals surface area contributed by atoms with Crippen molar-refractivity contribution in [3.63, 3.8) is 0 Å². The molecule has 4 nitrogen and oxygen atoms in total. The van der Waals surface area contributed by atoms with E-state index in [0.717, 1.165) is 19.3 Å². The van der Waals surface area contributed by atoms with Crippen LogP contribution in [-0.4, -0.2) is 24.6 Å². The summed E-state index contributed by atoms with van der Waals surface area (Å²) in [6.45, 7) is 11.0. The summed E-state index contributed by atoms with van der Waals surface area (Å²) in [6, 6.07) is 0. The van der Waals surface area contributed by atoms with Gasteiger partial charge in [-0.1, -0.05) is 98.8 Å². The van der Waals surface area contributed by atoms with Crippen LogP contribution in [0.2, 0.25) is 0 Å². The van der Waals surface area contributed by atoms with E-state index in [9.17, 15) is 9.59 Å². The summed E-state index contributed by atoms with van der Waals surface area (Å²) in [5.74, 6) is -0.419. The van der Waals surface area contributed by atoms with Gasteiger partial charge in [0.25, 0.3) is 0 Å². The van der Waals surface area contributed by atoms with Crippen molar-refractivity contribution in [3.05, 3.63) is 0 Å². The average Bonchev–Trinajstić information content (AvgIpc) is 2.66. The van der Waals surface area contributed by atoms with E-state index < -0.39 is 0 Å². The first kappa shape index (κ1) is 27.9. The molecular weight excluding hydrogens is 364 g/mol. The van der Waals surface area contributed by atoms with Crippen molar-refractivity contribution in [2.75, 3.05) is 6.61 Å². The fourth-order valence-corrected chi connectivity index (χ4v) is 3.49. The minimum absolute atomic E-state index is 0.0576. The molecular formula is C25H48O4. The second-order valence-corrected chi connectivity index (χ2v) is 9.36. The highest BCUT2D eigenvalue weighted by molar-refractivity contribution is 5.72. The second-order valence-electron chi connectivity index (χ2n) is 9.36. The quantitative estimate of drug-likeness (QED) is 0.174. The van der Waals surface area contributed by atoms with E-state index >= 15 is 0 Å². The van der Waals surface area contributed by atoms with Gasteiger partial charge in [-0.25, -0.2) is 0 Å². The van der Waals surface area contributed by atoms with E-state index in [-0.39, 0.29) is 29.9 Å². The predicted molar refractivity (Wildman–Crippen MR) is 121 cm³/mol. The van der Waals surface area contributed by atoms with Crippen LogP contribution in [0.4, 0.5) is 0 Å². The van der Waals surface area contributed by atoms with Crippen LogP contribution < -0.4 is 0 Å². The van der Waals surface area contributed by atoms with E-state index in [0.29, 0.717) is 19.4 Å². The molecule has 0 aromatic rings. The van der Waals surface area contributed by atoms with Gasteiger partial charge in [-0.2, -0.15) is 0 Å². The van der Waals surface area contributed by atoms with E-state index in [4.69, 9.17) is 9.47 Å². The monoisotopic (exact) mass is 412 g/mol. The number of hydrogen-bond acceptors (Lipinski definition) is 4. The van der Waals surface area contributed by atoms with Crippen LogP contribution >= 0.6 is 0 Å². The van der Waals surface area contributed by atoms with Gasteiger partial charge in [0.05, 0.1) is 6.61 Å². The SMILES string of the molecule is CCCCCCCCCCCCCOC(=O)CCCC(=O)OC(CC)C(C)(C)C.